The van der Waals surface area contributed by atoms with Crippen LogP contribution in [0.25, 0.3) is 0 Å². The molecule has 0 aliphatic carbocycles. The number of carbonyl (C=O) groups excluding carboxylic acids is 2. The fourth-order valence-corrected chi connectivity index (χ4v) is 3.48. The average molecular weight is 437 g/mol. The summed E-state index contributed by atoms with van der Waals surface area (Å²) in [5.74, 6) is -0.559. The third-order valence-corrected chi connectivity index (χ3v) is 5.52. The molecule has 2 aromatic carbocycles. The second kappa shape index (κ2) is 8.67. The van der Waals surface area contributed by atoms with Crippen LogP contribution in [-0.2, 0) is 4.79 Å². The van der Waals surface area contributed by atoms with Gasteiger partial charge in [-0.3, -0.25) is 19.7 Å². The third-order valence-electron chi connectivity index (χ3n) is 4.70. The first-order valence-electron chi connectivity index (χ1n) is 8.82. The number of carbonyl (C=O) groups is 2. The number of nitro benzene ring substituents is 1. The van der Waals surface area contributed by atoms with Crippen molar-refractivity contribution in [1.29, 1.82) is 0 Å². The van der Waals surface area contributed by atoms with Gasteiger partial charge in [0.15, 0.2) is 0 Å². The maximum Gasteiger partial charge on any atom is 0.293 e. The molecule has 8 nitrogen and oxygen atoms in total. The Bertz CT molecular complexity index is 975. The van der Waals surface area contributed by atoms with E-state index in [0.29, 0.717) is 37.6 Å². The number of anilines is 2. The highest BCUT2D eigenvalue weighted by molar-refractivity contribution is 6.44. The number of hydrogen-bond acceptors (Lipinski definition) is 5. The van der Waals surface area contributed by atoms with Gasteiger partial charge < -0.3 is 15.1 Å². The standard InChI is InChI=1S/C19H18Cl2N4O4/c1-12(26)23-7-9-24(10-8-23)16-6-5-13(11-17(16)25(28)29)19(27)22-15-4-2-3-14(20)18(15)21/h2-6,11H,7-10H2,1H3,(H,22,27). The Balaban J connectivity index is 1.82. The van der Waals surface area contributed by atoms with Crippen molar-refractivity contribution < 1.29 is 14.5 Å². The van der Waals surface area contributed by atoms with Gasteiger partial charge in [-0.2, -0.15) is 0 Å². The van der Waals surface area contributed by atoms with Crippen LogP contribution in [0.15, 0.2) is 36.4 Å². The van der Waals surface area contributed by atoms with E-state index >= 15 is 0 Å². The van der Waals surface area contributed by atoms with Gasteiger partial charge in [-0.25, -0.2) is 0 Å². The van der Waals surface area contributed by atoms with Gasteiger partial charge in [0, 0.05) is 44.7 Å². The molecule has 1 aliphatic heterocycles. The number of benzene rings is 2. The quantitative estimate of drug-likeness (QED) is 0.580. The Hall–Kier alpha value is -2.84. The van der Waals surface area contributed by atoms with E-state index in [0.717, 1.165) is 0 Å². The van der Waals surface area contributed by atoms with Crippen molar-refractivity contribution in [3.63, 3.8) is 0 Å². The fraction of sp³-hybridized carbons (Fsp3) is 0.263. The number of piperazine rings is 1. The van der Waals surface area contributed by atoms with Gasteiger partial charge in [-0.05, 0) is 24.3 Å². The number of rotatable bonds is 4. The van der Waals surface area contributed by atoms with Crippen molar-refractivity contribution in [2.75, 3.05) is 36.4 Å². The Morgan fingerprint density at radius 2 is 1.79 bits per heavy atom. The molecule has 2 aromatic rings. The first kappa shape index (κ1) is 20.9. The van der Waals surface area contributed by atoms with Crippen molar-refractivity contribution in [1.82, 2.24) is 4.90 Å². The molecule has 1 fully saturated rings. The maximum absolute atomic E-state index is 12.6. The number of nitro groups is 1. The summed E-state index contributed by atoms with van der Waals surface area (Å²) in [6, 6.07) is 9.12. The van der Waals surface area contributed by atoms with E-state index in [1.54, 1.807) is 29.2 Å². The molecule has 152 valence electrons. The highest BCUT2D eigenvalue weighted by atomic mass is 35.5. The summed E-state index contributed by atoms with van der Waals surface area (Å²) in [5.41, 5.74) is 0.678. The van der Waals surface area contributed by atoms with E-state index in [1.807, 2.05) is 4.90 Å². The molecule has 29 heavy (non-hydrogen) atoms. The van der Waals surface area contributed by atoms with E-state index in [9.17, 15) is 19.7 Å². The van der Waals surface area contributed by atoms with Crippen molar-refractivity contribution in [2.45, 2.75) is 6.92 Å². The zero-order valence-electron chi connectivity index (χ0n) is 15.5. The molecule has 0 bridgehead atoms. The minimum Gasteiger partial charge on any atom is -0.362 e. The van der Waals surface area contributed by atoms with Crippen LogP contribution in [0.2, 0.25) is 10.0 Å². The molecular formula is C19H18Cl2N4O4. The lowest BCUT2D eigenvalue weighted by Crippen LogP contribution is -2.48. The molecule has 3 rings (SSSR count). The molecule has 1 saturated heterocycles. The van der Waals surface area contributed by atoms with Crippen LogP contribution in [0.1, 0.15) is 17.3 Å². The second-order valence-corrected chi connectivity index (χ2v) is 7.29. The number of hydrogen-bond donors (Lipinski definition) is 1. The van der Waals surface area contributed by atoms with Crippen LogP contribution >= 0.6 is 23.2 Å². The zero-order valence-corrected chi connectivity index (χ0v) is 17.0. The van der Waals surface area contributed by atoms with Crippen LogP contribution in [0.4, 0.5) is 17.1 Å². The molecule has 0 unspecified atom stereocenters. The van der Waals surface area contributed by atoms with Gasteiger partial charge in [-0.1, -0.05) is 29.3 Å². The number of nitrogens with zero attached hydrogens (tertiary/aromatic N) is 3. The van der Waals surface area contributed by atoms with E-state index in [-0.39, 0.29) is 27.2 Å². The maximum atomic E-state index is 12.6. The minimum absolute atomic E-state index is 0.0224. The second-order valence-electron chi connectivity index (χ2n) is 6.51. The van der Waals surface area contributed by atoms with Crippen LogP contribution in [-0.4, -0.2) is 47.8 Å². The monoisotopic (exact) mass is 436 g/mol. The van der Waals surface area contributed by atoms with E-state index in [4.69, 9.17) is 23.2 Å². The van der Waals surface area contributed by atoms with Gasteiger partial charge >= 0.3 is 0 Å². The van der Waals surface area contributed by atoms with Gasteiger partial charge in [-0.15, -0.1) is 0 Å². The Labute approximate surface area is 177 Å². The van der Waals surface area contributed by atoms with Crippen LogP contribution in [0, 0.1) is 10.1 Å². The summed E-state index contributed by atoms with van der Waals surface area (Å²) in [7, 11) is 0. The van der Waals surface area contributed by atoms with Crippen LogP contribution in [0.5, 0.6) is 0 Å². The van der Waals surface area contributed by atoms with Crippen molar-refractivity contribution in [2.24, 2.45) is 0 Å². The predicted molar refractivity (Wildman–Crippen MR) is 112 cm³/mol. The molecule has 1 aliphatic rings. The molecule has 0 aromatic heterocycles. The van der Waals surface area contributed by atoms with E-state index in [1.165, 1.54) is 19.1 Å². The van der Waals surface area contributed by atoms with Gasteiger partial charge in [0.2, 0.25) is 5.91 Å². The zero-order chi connectivity index (χ0) is 21.1. The smallest absolute Gasteiger partial charge is 0.293 e. The van der Waals surface area contributed by atoms with Gasteiger partial charge in [0.25, 0.3) is 11.6 Å². The third kappa shape index (κ3) is 4.60. The molecule has 0 saturated carbocycles. The molecule has 0 atom stereocenters. The predicted octanol–water partition coefficient (Wildman–Crippen LogP) is 3.82. The van der Waals surface area contributed by atoms with E-state index in [2.05, 4.69) is 5.32 Å². The summed E-state index contributed by atoms with van der Waals surface area (Å²) >= 11 is 12.0. The van der Waals surface area contributed by atoms with Crippen LogP contribution in [0.3, 0.4) is 0 Å². The number of amides is 2. The Morgan fingerprint density at radius 3 is 2.41 bits per heavy atom. The molecule has 10 heteroatoms. The largest absolute Gasteiger partial charge is 0.362 e. The summed E-state index contributed by atoms with van der Waals surface area (Å²) in [5, 5.41) is 14.7. The minimum atomic E-state index is -0.537. The summed E-state index contributed by atoms with van der Waals surface area (Å²) in [6.45, 7) is 3.43. The van der Waals surface area contributed by atoms with Gasteiger partial charge in [0.05, 0.1) is 20.7 Å². The topological polar surface area (TPSA) is 95.8 Å². The first-order valence-corrected chi connectivity index (χ1v) is 9.58. The molecule has 1 heterocycles. The molecule has 0 spiro atoms. The fourth-order valence-electron chi connectivity index (χ4n) is 3.14. The van der Waals surface area contributed by atoms with Crippen molar-refractivity contribution in [3.8, 4) is 0 Å². The lowest BCUT2D eigenvalue weighted by atomic mass is 10.1. The number of halogens is 2. The lowest BCUT2D eigenvalue weighted by molar-refractivity contribution is -0.384. The van der Waals surface area contributed by atoms with Crippen molar-refractivity contribution in [3.05, 3.63) is 62.1 Å². The van der Waals surface area contributed by atoms with Gasteiger partial charge in [0.1, 0.15) is 5.69 Å². The lowest BCUT2D eigenvalue weighted by Gasteiger charge is -2.35. The highest BCUT2D eigenvalue weighted by Gasteiger charge is 2.26. The molecule has 2 amide bonds. The summed E-state index contributed by atoms with van der Waals surface area (Å²) in [6.07, 6.45) is 0. The first-order chi connectivity index (χ1) is 13.8. The summed E-state index contributed by atoms with van der Waals surface area (Å²) < 4.78 is 0. The molecular weight excluding hydrogens is 419 g/mol. The number of nitrogens with one attached hydrogen (secondary N) is 1. The molecule has 1 N–H and O–H groups in total. The average Bonchev–Trinajstić information content (AvgIpc) is 2.71. The Morgan fingerprint density at radius 1 is 1.10 bits per heavy atom. The van der Waals surface area contributed by atoms with Crippen LogP contribution < -0.4 is 10.2 Å². The van der Waals surface area contributed by atoms with E-state index < -0.39 is 10.8 Å². The normalized spacial score (nSPS) is 13.9. The summed E-state index contributed by atoms with van der Waals surface area (Å²) in [4.78, 5) is 38.7. The highest BCUT2D eigenvalue weighted by Crippen LogP contribution is 2.32. The van der Waals surface area contributed by atoms with Crippen molar-refractivity contribution >= 4 is 52.1 Å². The molecule has 0 radical (unpaired) electrons. The Kier molecular flexibility index (Phi) is 6.24. The SMILES string of the molecule is CC(=O)N1CCN(c2ccc(C(=O)Nc3cccc(Cl)c3Cl)cc2[N+](=O)[O-])CC1.